The van der Waals surface area contributed by atoms with Crippen LogP contribution in [0.5, 0.6) is 0 Å². The summed E-state index contributed by atoms with van der Waals surface area (Å²) in [5, 5.41) is 29.7. The van der Waals surface area contributed by atoms with Crippen molar-refractivity contribution >= 4 is 17.6 Å². The number of carboxylic acids is 1. The Bertz CT molecular complexity index is 541. The molecule has 0 aromatic rings. The molecule has 0 radical (unpaired) electrons. The SMILES string of the molecule is CCCC1(C(O)CC=C[C@@H]2[C@@H](CC=CCCCC(=O)O)[C@@H](Cl)C[C@H]2O)CCC1. The summed E-state index contributed by atoms with van der Waals surface area (Å²) < 4.78 is 0. The Kier molecular flexibility index (Phi) is 9.52. The van der Waals surface area contributed by atoms with E-state index in [0.29, 0.717) is 19.3 Å². The van der Waals surface area contributed by atoms with Crippen molar-refractivity contribution < 1.29 is 20.1 Å². The standard InChI is InChI=1S/C23H37ClO4/c1-2-13-23(14-8-15-23)21(26)11-7-10-18-17(19(24)16-20(18)25)9-5-3-4-6-12-22(27)28/h3,5,7,10,17-21,25-26H,2,4,6,8-9,11-16H2,1H3,(H,27,28)/t17-,18-,19+,20-,21?/m1/s1. The fourth-order valence-electron chi connectivity index (χ4n) is 4.90. The fraction of sp³-hybridized carbons (Fsp3) is 0.783. The molecule has 0 aromatic heterocycles. The third-order valence-electron chi connectivity index (χ3n) is 6.73. The number of halogens is 1. The van der Waals surface area contributed by atoms with Gasteiger partial charge in [0.15, 0.2) is 0 Å². The lowest BCUT2D eigenvalue weighted by Crippen LogP contribution is -2.41. The lowest BCUT2D eigenvalue weighted by Gasteiger charge is -2.45. The number of alkyl halides is 1. The monoisotopic (exact) mass is 412 g/mol. The van der Waals surface area contributed by atoms with Crippen molar-refractivity contribution in [3.8, 4) is 0 Å². The van der Waals surface area contributed by atoms with Gasteiger partial charge in [-0.3, -0.25) is 4.79 Å². The normalized spacial score (nSPS) is 30.7. The summed E-state index contributed by atoms with van der Waals surface area (Å²) in [4.78, 5) is 10.5. The highest BCUT2D eigenvalue weighted by Crippen LogP contribution is 2.48. The molecule has 3 N–H and O–H groups in total. The van der Waals surface area contributed by atoms with E-state index in [2.05, 4.69) is 19.1 Å². The van der Waals surface area contributed by atoms with E-state index in [4.69, 9.17) is 16.7 Å². The molecule has 160 valence electrons. The number of rotatable bonds is 12. The topological polar surface area (TPSA) is 77.8 Å². The molecule has 0 aromatic carbocycles. The highest BCUT2D eigenvalue weighted by atomic mass is 35.5. The minimum Gasteiger partial charge on any atom is -0.481 e. The third-order valence-corrected chi connectivity index (χ3v) is 7.23. The number of aliphatic carboxylic acids is 1. The average molecular weight is 413 g/mol. The van der Waals surface area contributed by atoms with Gasteiger partial charge in [0.2, 0.25) is 0 Å². The van der Waals surface area contributed by atoms with Crippen molar-refractivity contribution in [2.24, 2.45) is 17.3 Å². The first-order chi connectivity index (χ1) is 13.4. The van der Waals surface area contributed by atoms with Crippen LogP contribution in [-0.4, -0.2) is 38.9 Å². The maximum atomic E-state index is 10.7. The Balaban J connectivity index is 1.84. The van der Waals surface area contributed by atoms with E-state index in [-0.39, 0.29) is 35.2 Å². The molecule has 2 rings (SSSR count). The van der Waals surface area contributed by atoms with Gasteiger partial charge >= 0.3 is 5.97 Å². The molecule has 5 atom stereocenters. The van der Waals surface area contributed by atoms with Crippen molar-refractivity contribution in [3.05, 3.63) is 24.3 Å². The molecule has 0 aliphatic heterocycles. The minimum absolute atomic E-state index is 0.0156. The van der Waals surface area contributed by atoms with Gasteiger partial charge in [0.05, 0.1) is 12.2 Å². The average Bonchev–Trinajstić information content (AvgIpc) is 2.87. The lowest BCUT2D eigenvalue weighted by molar-refractivity contribution is -0.137. The van der Waals surface area contributed by atoms with E-state index in [1.165, 1.54) is 6.42 Å². The molecule has 2 aliphatic carbocycles. The van der Waals surface area contributed by atoms with Crippen molar-refractivity contribution in [1.29, 1.82) is 0 Å². The largest absolute Gasteiger partial charge is 0.481 e. The first-order valence-corrected chi connectivity index (χ1v) is 11.4. The van der Waals surface area contributed by atoms with Gasteiger partial charge in [-0.15, -0.1) is 11.6 Å². The van der Waals surface area contributed by atoms with Gasteiger partial charge in [0.25, 0.3) is 0 Å². The second-order valence-corrected chi connectivity index (χ2v) is 9.26. The predicted molar refractivity (Wildman–Crippen MR) is 113 cm³/mol. The first-order valence-electron chi connectivity index (χ1n) is 10.9. The summed E-state index contributed by atoms with van der Waals surface area (Å²) in [7, 11) is 0. The summed E-state index contributed by atoms with van der Waals surface area (Å²) in [6.07, 6.45) is 16.8. The molecule has 0 spiro atoms. The maximum Gasteiger partial charge on any atom is 0.303 e. The molecule has 2 saturated carbocycles. The zero-order valence-electron chi connectivity index (χ0n) is 17.1. The molecule has 28 heavy (non-hydrogen) atoms. The Morgan fingerprint density at radius 3 is 2.64 bits per heavy atom. The van der Waals surface area contributed by atoms with Crippen molar-refractivity contribution in [3.63, 3.8) is 0 Å². The van der Waals surface area contributed by atoms with Crippen LogP contribution in [0.3, 0.4) is 0 Å². The molecule has 0 heterocycles. The van der Waals surface area contributed by atoms with Crippen LogP contribution in [0.4, 0.5) is 0 Å². The number of aliphatic hydroxyl groups excluding tert-OH is 2. The Morgan fingerprint density at radius 1 is 1.29 bits per heavy atom. The molecule has 2 aliphatic rings. The second kappa shape index (κ2) is 11.4. The van der Waals surface area contributed by atoms with Gasteiger partial charge in [0, 0.05) is 17.7 Å². The van der Waals surface area contributed by atoms with Gasteiger partial charge in [-0.2, -0.15) is 0 Å². The zero-order valence-corrected chi connectivity index (χ0v) is 17.9. The van der Waals surface area contributed by atoms with Gasteiger partial charge in [-0.25, -0.2) is 0 Å². The number of unbranched alkanes of at least 4 members (excludes halogenated alkanes) is 1. The van der Waals surface area contributed by atoms with Crippen molar-refractivity contribution in [2.45, 2.75) is 95.1 Å². The van der Waals surface area contributed by atoms with Crippen LogP contribution in [0.25, 0.3) is 0 Å². The molecule has 2 fully saturated rings. The van der Waals surface area contributed by atoms with E-state index in [1.54, 1.807) is 0 Å². The number of carbonyl (C=O) groups is 1. The summed E-state index contributed by atoms with van der Waals surface area (Å²) in [5.41, 5.74) is 0.112. The van der Waals surface area contributed by atoms with Crippen LogP contribution < -0.4 is 0 Å². The smallest absolute Gasteiger partial charge is 0.303 e. The molecular weight excluding hydrogens is 376 g/mol. The quantitative estimate of drug-likeness (QED) is 0.237. The van der Waals surface area contributed by atoms with Crippen LogP contribution in [0.15, 0.2) is 24.3 Å². The van der Waals surface area contributed by atoms with Crippen LogP contribution in [0.1, 0.15) is 77.6 Å². The number of carboxylic acid groups (broad SMARTS) is 1. The Labute approximate surface area is 174 Å². The highest BCUT2D eigenvalue weighted by molar-refractivity contribution is 6.21. The summed E-state index contributed by atoms with van der Waals surface area (Å²) >= 11 is 6.48. The molecule has 1 unspecified atom stereocenters. The number of hydrogen-bond acceptors (Lipinski definition) is 3. The lowest BCUT2D eigenvalue weighted by atomic mass is 9.62. The van der Waals surface area contributed by atoms with E-state index in [9.17, 15) is 15.0 Å². The van der Waals surface area contributed by atoms with Gasteiger partial charge < -0.3 is 15.3 Å². The maximum absolute atomic E-state index is 10.7. The molecule has 4 nitrogen and oxygen atoms in total. The Hall–Kier alpha value is -0.840. The van der Waals surface area contributed by atoms with Crippen LogP contribution in [-0.2, 0) is 4.79 Å². The van der Waals surface area contributed by atoms with Gasteiger partial charge in [-0.05, 0) is 62.7 Å². The summed E-state index contributed by atoms with van der Waals surface area (Å²) in [6, 6.07) is 0. The summed E-state index contributed by atoms with van der Waals surface area (Å²) in [6.45, 7) is 2.18. The summed E-state index contributed by atoms with van der Waals surface area (Å²) in [5.74, 6) is -0.570. The van der Waals surface area contributed by atoms with E-state index >= 15 is 0 Å². The molecule has 0 saturated heterocycles. The van der Waals surface area contributed by atoms with Crippen molar-refractivity contribution in [1.82, 2.24) is 0 Å². The van der Waals surface area contributed by atoms with Crippen LogP contribution in [0.2, 0.25) is 0 Å². The Morgan fingerprint density at radius 2 is 2.04 bits per heavy atom. The first kappa shape index (κ1) is 23.4. The number of aliphatic hydroxyl groups is 2. The van der Waals surface area contributed by atoms with Gasteiger partial charge in [0.1, 0.15) is 0 Å². The van der Waals surface area contributed by atoms with Crippen LogP contribution >= 0.6 is 11.6 Å². The fourth-order valence-corrected chi connectivity index (χ4v) is 5.35. The van der Waals surface area contributed by atoms with Gasteiger partial charge in [-0.1, -0.05) is 44.1 Å². The van der Waals surface area contributed by atoms with E-state index < -0.39 is 12.1 Å². The molecular formula is C23H37ClO4. The van der Waals surface area contributed by atoms with E-state index in [1.807, 2.05) is 12.2 Å². The number of hydrogen-bond donors (Lipinski definition) is 3. The minimum atomic E-state index is -0.761. The molecule has 0 bridgehead atoms. The van der Waals surface area contributed by atoms with Crippen molar-refractivity contribution in [2.75, 3.05) is 0 Å². The second-order valence-electron chi connectivity index (χ2n) is 8.70. The van der Waals surface area contributed by atoms with E-state index in [0.717, 1.165) is 38.5 Å². The predicted octanol–water partition coefficient (Wildman–Crippen LogP) is 5.07. The molecule has 0 amide bonds. The molecule has 5 heteroatoms. The highest BCUT2D eigenvalue weighted by Gasteiger charge is 2.42. The zero-order chi connectivity index (χ0) is 20.6. The van der Waals surface area contributed by atoms with Crippen LogP contribution in [0, 0.1) is 17.3 Å². The third kappa shape index (κ3) is 6.33. The number of allylic oxidation sites excluding steroid dienone is 2.